The highest BCUT2D eigenvalue weighted by molar-refractivity contribution is 14.0. The van der Waals surface area contributed by atoms with Crippen molar-refractivity contribution in [2.75, 3.05) is 44.7 Å². The second-order valence-electron chi connectivity index (χ2n) is 6.00. The minimum Gasteiger partial charge on any atom is -0.478 e. The molecule has 0 bridgehead atoms. The molecule has 0 aromatic carbocycles. The van der Waals surface area contributed by atoms with E-state index in [2.05, 4.69) is 36.1 Å². The van der Waals surface area contributed by atoms with Crippen molar-refractivity contribution < 1.29 is 4.74 Å². The van der Waals surface area contributed by atoms with E-state index in [4.69, 9.17) is 4.74 Å². The van der Waals surface area contributed by atoms with Crippen LogP contribution >= 0.6 is 24.0 Å². The van der Waals surface area contributed by atoms with Crippen LogP contribution in [0, 0.1) is 0 Å². The first-order valence-electron chi connectivity index (χ1n) is 8.99. The molecule has 8 heteroatoms. The molecule has 0 unspecified atom stereocenters. The second kappa shape index (κ2) is 10.9. The van der Waals surface area contributed by atoms with E-state index in [1.54, 1.807) is 6.20 Å². The van der Waals surface area contributed by atoms with Crippen molar-refractivity contribution in [1.29, 1.82) is 0 Å². The summed E-state index contributed by atoms with van der Waals surface area (Å²) in [5.74, 6) is 2.61. The number of anilines is 1. The number of nitrogens with one attached hydrogen (secondary N) is 1. The summed E-state index contributed by atoms with van der Waals surface area (Å²) in [6.45, 7) is 6.96. The smallest absolute Gasteiger partial charge is 0.213 e. The predicted octanol–water partition coefficient (Wildman–Crippen LogP) is 2.39. The maximum absolute atomic E-state index is 5.46. The standard InChI is InChI=1S/C19H26N6O.HI/c1-3-26-18-14-16(7-9-22-18)15-23-19(20-2)25-12-10-24(11-13-25)17-6-4-5-8-21-17;/h4-9,14H,3,10-13,15H2,1-2H3,(H,20,23);1H. The molecule has 0 spiro atoms. The van der Waals surface area contributed by atoms with Crippen LogP contribution in [0.1, 0.15) is 12.5 Å². The zero-order chi connectivity index (χ0) is 18.2. The summed E-state index contributed by atoms with van der Waals surface area (Å²) in [6.07, 6.45) is 3.61. The molecule has 1 N–H and O–H groups in total. The molecule has 3 rings (SSSR count). The fraction of sp³-hybridized carbons (Fsp3) is 0.421. The lowest BCUT2D eigenvalue weighted by atomic mass is 10.2. The van der Waals surface area contributed by atoms with Gasteiger partial charge in [-0.25, -0.2) is 9.97 Å². The minimum atomic E-state index is 0. The van der Waals surface area contributed by atoms with Crippen molar-refractivity contribution in [2.45, 2.75) is 13.5 Å². The third-order valence-corrected chi connectivity index (χ3v) is 4.31. The Labute approximate surface area is 177 Å². The molecule has 146 valence electrons. The molecule has 0 radical (unpaired) electrons. The van der Waals surface area contributed by atoms with Gasteiger partial charge in [-0.2, -0.15) is 0 Å². The van der Waals surface area contributed by atoms with Crippen molar-refractivity contribution in [1.82, 2.24) is 20.2 Å². The van der Waals surface area contributed by atoms with Crippen molar-refractivity contribution in [3.8, 4) is 5.88 Å². The molecule has 2 aromatic rings. The molecule has 0 amide bonds. The molecule has 0 saturated carbocycles. The minimum absolute atomic E-state index is 0. The molecule has 1 aliphatic heterocycles. The van der Waals surface area contributed by atoms with Crippen LogP contribution in [0.5, 0.6) is 5.88 Å². The molecule has 2 aromatic heterocycles. The fourth-order valence-electron chi connectivity index (χ4n) is 2.99. The monoisotopic (exact) mass is 482 g/mol. The summed E-state index contributed by atoms with van der Waals surface area (Å²) in [5.41, 5.74) is 1.12. The number of rotatable bonds is 5. The zero-order valence-corrected chi connectivity index (χ0v) is 18.2. The molecule has 0 aliphatic carbocycles. The fourth-order valence-corrected chi connectivity index (χ4v) is 2.99. The number of guanidine groups is 1. The lowest BCUT2D eigenvalue weighted by Crippen LogP contribution is -2.52. The number of nitrogens with zero attached hydrogens (tertiary/aromatic N) is 5. The molecule has 7 nitrogen and oxygen atoms in total. The lowest BCUT2D eigenvalue weighted by molar-refractivity contribution is 0.326. The van der Waals surface area contributed by atoms with Crippen LogP contribution in [0.3, 0.4) is 0 Å². The van der Waals surface area contributed by atoms with Gasteiger partial charge in [0.05, 0.1) is 6.61 Å². The van der Waals surface area contributed by atoms with Crippen LogP contribution < -0.4 is 15.0 Å². The van der Waals surface area contributed by atoms with Gasteiger partial charge in [-0.3, -0.25) is 4.99 Å². The van der Waals surface area contributed by atoms with Gasteiger partial charge in [0.1, 0.15) is 5.82 Å². The van der Waals surface area contributed by atoms with E-state index in [0.29, 0.717) is 19.0 Å². The average Bonchev–Trinajstić information content (AvgIpc) is 2.70. The summed E-state index contributed by atoms with van der Waals surface area (Å²) < 4.78 is 5.46. The van der Waals surface area contributed by atoms with Crippen molar-refractivity contribution in [3.63, 3.8) is 0 Å². The Morgan fingerprint density at radius 2 is 1.96 bits per heavy atom. The highest BCUT2D eigenvalue weighted by atomic mass is 127. The summed E-state index contributed by atoms with van der Waals surface area (Å²) in [7, 11) is 1.83. The Kier molecular flexibility index (Phi) is 8.56. The van der Waals surface area contributed by atoms with Crippen molar-refractivity contribution >= 4 is 35.8 Å². The molecule has 3 heterocycles. The third-order valence-electron chi connectivity index (χ3n) is 4.31. The van der Waals surface area contributed by atoms with Crippen LogP contribution in [-0.2, 0) is 6.54 Å². The Bertz CT molecular complexity index is 719. The van der Waals surface area contributed by atoms with E-state index < -0.39 is 0 Å². The number of ether oxygens (including phenoxy) is 1. The molecule has 1 fully saturated rings. The topological polar surface area (TPSA) is 65.9 Å². The SMILES string of the molecule is CCOc1cc(CNC(=NC)N2CCN(c3ccccn3)CC2)ccn1.I. The number of aromatic nitrogens is 2. The van der Waals surface area contributed by atoms with Gasteiger partial charge >= 0.3 is 0 Å². The van der Waals surface area contributed by atoms with Gasteiger partial charge in [-0.05, 0) is 30.7 Å². The summed E-state index contributed by atoms with van der Waals surface area (Å²) in [6, 6.07) is 9.98. The first-order valence-corrected chi connectivity index (χ1v) is 8.99. The molecular weight excluding hydrogens is 455 g/mol. The molecule has 1 aliphatic rings. The van der Waals surface area contributed by atoms with E-state index in [0.717, 1.165) is 43.5 Å². The summed E-state index contributed by atoms with van der Waals surface area (Å²) in [5, 5.41) is 3.44. The summed E-state index contributed by atoms with van der Waals surface area (Å²) in [4.78, 5) is 17.7. The molecule has 1 saturated heterocycles. The number of hydrogen-bond acceptors (Lipinski definition) is 5. The Morgan fingerprint density at radius 1 is 1.15 bits per heavy atom. The number of hydrogen-bond donors (Lipinski definition) is 1. The largest absolute Gasteiger partial charge is 0.478 e. The maximum Gasteiger partial charge on any atom is 0.213 e. The van der Waals surface area contributed by atoms with Gasteiger partial charge in [0.15, 0.2) is 5.96 Å². The summed E-state index contributed by atoms with van der Waals surface area (Å²) >= 11 is 0. The number of aliphatic imine (C=N–C) groups is 1. The van der Waals surface area contributed by atoms with E-state index in [1.807, 2.05) is 44.4 Å². The van der Waals surface area contributed by atoms with Crippen LogP contribution in [0.2, 0.25) is 0 Å². The zero-order valence-electron chi connectivity index (χ0n) is 15.8. The lowest BCUT2D eigenvalue weighted by Gasteiger charge is -2.37. The predicted molar refractivity (Wildman–Crippen MR) is 119 cm³/mol. The Hall–Kier alpha value is -2.10. The third kappa shape index (κ3) is 5.95. The van der Waals surface area contributed by atoms with E-state index >= 15 is 0 Å². The van der Waals surface area contributed by atoms with E-state index in [1.165, 1.54) is 0 Å². The van der Waals surface area contributed by atoms with Gasteiger partial charge in [-0.1, -0.05) is 6.07 Å². The van der Waals surface area contributed by atoms with Crippen LogP contribution in [0.15, 0.2) is 47.7 Å². The quantitative estimate of drug-likeness (QED) is 0.401. The van der Waals surface area contributed by atoms with Gasteiger partial charge in [0, 0.05) is 58.2 Å². The molecule has 0 atom stereocenters. The van der Waals surface area contributed by atoms with Gasteiger partial charge in [0.2, 0.25) is 5.88 Å². The van der Waals surface area contributed by atoms with E-state index in [-0.39, 0.29) is 24.0 Å². The number of pyridine rings is 2. The highest BCUT2D eigenvalue weighted by Crippen LogP contribution is 2.13. The number of piperazine rings is 1. The van der Waals surface area contributed by atoms with Gasteiger partial charge in [0.25, 0.3) is 0 Å². The maximum atomic E-state index is 5.46. The normalized spacial score (nSPS) is 14.5. The Morgan fingerprint density at radius 3 is 2.63 bits per heavy atom. The molecular formula is C19H27IN6O. The van der Waals surface area contributed by atoms with Crippen LogP contribution in [0.4, 0.5) is 5.82 Å². The number of halogens is 1. The first-order chi connectivity index (χ1) is 12.8. The van der Waals surface area contributed by atoms with Crippen molar-refractivity contribution in [3.05, 3.63) is 48.3 Å². The van der Waals surface area contributed by atoms with E-state index in [9.17, 15) is 0 Å². The second-order valence-corrected chi connectivity index (χ2v) is 6.00. The first kappa shape index (κ1) is 21.2. The van der Waals surface area contributed by atoms with Crippen LogP contribution in [-0.4, -0.2) is 60.7 Å². The van der Waals surface area contributed by atoms with Crippen molar-refractivity contribution in [2.24, 2.45) is 4.99 Å². The highest BCUT2D eigenvalue weighted by Gasteiger charge is 2.20. The van der Waals surface area contributed by atoms with Crippen LogP contribution in [0.25, 0.3) is 0 Å². The molecule has 27 heavy (non-hydrogen) atoms. The van der Waals surface area contributed by atoms with Gasteiger partial charge < -0.3 is 19.9 Å². The Balaban J connectivity index is 0.00000261. The van der Waals surface area contributed by atoms with Gasteiger partial charge in [-0.15, -0.1) is 24.0 Å². The average molecular weight is 482 g/mol.